The molecule has 0 aliphatic heterocycles. The van der Waals surface area contributed by atoms with Gasteiger partial charge < -0.3 is 0 Å². The van der Waals surface area contributed by atoms with E-state index in [1.165, 1.54) is 17.6 Å². The summed E-state index contributed by atoms with van der Waals surface area (Å²) in [5, 5.41) is 0. The van der Waals surface area contributed by atoms with Crippen molar-refractivity contribution in [3.8, 4) is 0 Å². The molecule has 0 bridgehead atoms. The van der Waals surface area contributed by atoms with Crippen molar-refractivity contribution in [2.45, 2.75) is 41.0 Å². The topological polar surface area (TPSA) is 0 Å². The van der Waals surface area contributed by atoms with Gasteiger partial charge in [-0.25, -0.2) is 0 Å². The van der Waals surface area contributed by atoms with Crippen LogP contribution in [0.2, 0.25) is 0 Å². The highest BCUT2D eigenvalue weighted by Crippen LogP contribution is 2.14. The lowest BCUT2D eigenvalue weighted by atomic mass is 9.98. The third-order valence-corrected chi connectivity index (χ3v) is 2.30. The van der Waals surface area contributed by atoms with E-state index in [0.29, 0.717) is 0 Å². The summed E-state index contributed by atoms with van der Waals surface area (Å²) in [5.74, 6) is 0.727. The molecule has 0 aliphatic carbocycles. The Bertz CT molecular complexity index is 161. The van der Waals surface area contributed by atoms with E-state index in [4.69, 9.17) is 0 Å². The standard InChI is InChI=1S/C11H20/c1-6-9(3)8-11(5)10(4)7-2/h6,8,10H,7H2,1-5H3. The largest absolute Gasteiger partial charge is 0.0847 e. The summed E-state index contributed by atoms with van der Waals surface area (Å²) in [6, 6.07) is 0. The SMILES string of the molecule is CC=C(C)C=C(C)C(C)CC. The van der Waals surface area contributed by atoms with Gasteiger partial charge >= 0.3 is 0 Å². The van der Waals surface area contributed by atoms with E-state index in [2.05, 4.69) is 46.8 Å². The van der Waals surface area contributed by atoms with E-state index in [9.17, 15) is 0 Å². The fraction of sp³-hybridized carbons (Fsp3) is 0.636. The lowest BCUT2D eigenvalue weighted by Crippen LogP contribution is -1.93. The molecule has 0 saturated heterocycles. The number of hydrogen-bond acceptors (Lipinski definition) is 0. The van der Waals surface area contributed by atoms with Crippen LogP contribution in [0, 0.1) is 5.92 Å². The van der Waals surface area contributed by atoms with Gasteiger partial charge in [-0.05, 0) is 33.1 Å². The van der Waals surface area contributed by atoms with Crippen LogP contribution < -0.4 is 0 Å². The molecule has 11 heavy (non-hydrogen) atoms. The van der Waals surface area contributed by atoms with Crippen LogP contribution in [-0.2, 0) is 0 Å². The second-order valence-corrected chi connectivity index (χ2v) is 3.23. The predicted molar refractivity (Wildman–Crippen MR) is 52.6 cm³/mol. The predicted octanol–water partition coefficient (Wildman–Crippen LogP) is 3.95. The molecule has 0 rings (SSSR count). The second kappa shape index (κ2) is 5.17. The first-order valence-electron chi connectivity index (χ1n) is 4.42. The Morgan fingerprint density at radius 3 is 2.27 bits per heavy atom. The molecule has 0 aromatic carbocycles. The highest BCUT2D eigenvalue weighted by atomic mass is 14.0. The van der Waals surface area contributed by atoms with E-state index >= 15 is 0 Å². The molecule has 0 amide bonds. The van der Waals surface area contributed by atoms with Gasteiger partial charge in [-0.1, -0.05) is 37.1 Å². The minimum atomic E-state index is 0.727. The summed E-state index contributed by atoms with van der Waals surface area (Å²) < 4.78 is 0. The molecular formula is C11H20. The van der Waals surface area contributed by atoms with Gasteiger partial charge in [0.05, 0.1) is 0 Å². The van der Waals surface area contributed by atoms with Crippen molar-refractivity contribution in [2.75, 3.05) is 0 Å². The lowest BCUT2D eigenvalue weighted by molar-refractivity contribution is 0.655. The van der Waals surface area contributed by atoms with Crippen LogP contribution in [0.15, 0.2) is 23.3 Å². The summed E-state index contributed by atoms with van der Waals surface area (Å²) in [6.45, 7) is 10.9. The van der Waals surface area contributed by atoms with Gasteiger partial charge in [-0.15, -0.1) is 0 Å². The normalized spacial score (nSPS) is 16.8. The van der Waals surface area contributed by atoms with E-state index < -0.39 is 0 Å². The first-order valence-corrected chi connectivity index (χ1v) is 4.42. The Labute approximate surface area is 71.0 Å². The van der Waals surface area contributed by atoms with E-state index in [-0.39, 0.29) is 0 Å². The monoisotopic (exact) mass is 152 g/mol. The van der Waals surface area contributed by atoms with Crippen molar-refractivity contribution in [1.29, 1.82) is 0 Å². The summed E-state index contributed by atoms with van der Waals surface area (Å²) in [7, 11) is 0. The molecule has 0 aliphatic rings. The van der Waals surface area contributed by atoms with Crippen LogP contribution in [0.1, 0.15) is 41.0 Å². The van der Waals surface area contributed by atoms with Gasteiger partial charge in [0.2, 0.25) is 0 Å². The zero-order valence-electron chi connectivity index (χ0n) is 8.44. The maximum absolute atomic E-state index is 2.27. The minimum absolute atomic E-state index is 0.727. The summed E-state index contributed by atoms with van der Waals surface area (Å²) >= 11 is 0. The fourth-order valence-corrected chi connectivity index (χ4v) is 0.907. The zero-order chi connectivity index (χ0) is 8.85. The number of rotatable bonds is 3. The molecule has 0 radical (unpaired) electrons. The third kappa shape index (κ3) is 4.02. The average Bonchev–Trinajstić information content (AvgIpc) is 2.02. The zero-order valence-corrected chi connectivity index (χ0v) is 8.44. The molecule has 0 heteroatoms. The van der Waals surface area contributed by atoms with Crippen LogP contribution in [0.4, 0.5) is 0 Å². The molecule has 1 unspecified atom stereocenters. The van der Waals surface area contributed by atoms with Gasteiger partial charge in [-0.2, -0.15) is 0 Å². The molecule has 1 atom stereocenters. The fourth-order valence-electron chi connectivity index (χ4n) is 0.907. The van der Waals surface area contributed by atoms with Crippen LogP contribution in [0.3, 0.4) is 0 Å². The number of hydrogen-bond donors (Lipinski definition) is 0. The highest BCUT2D eigenvalue weighted by molar-refractivity contribution is 5.20. The Morgan fingerprint density at radius 2 is 1.91 bits per heavy atom. The molecule has 0 N–H and O–H groups in total. The molecule has 64 valence electrons. The Hall–Kier alpha value is -0.520. The second-order valence-electron chi connectivity index (χ2n) is 3.23. The molecule has 0 nitrogen and oxygen atoms in total. The Balaban J connectivity index is 4.21. The maximum atomic E-state index is 2.27. The first-order chi connectivity index (χ1) is 5.11. The van der Waals surface area contributed by atoms with E-state index in [1.807, 2.05) is 0 Å². The van der Waals surface area contributed by atoms with Gasteiger partial charge in [0, 0.05) is 0 Å². The average molecular weight is 152 g/mol. The van der Waals surface area contributed by atoms with Crippen LogP contribution in [0.25, 0.3) is 0 Å². The molecule has 0 saturated carbocycles. The molecule has 0 fully saturated rings. The van der Waals surface area contributed by atoms with Crippen molar-refractivity contribution in [1.82, 2.24) is 0 Å². The molecule has 0 aromatic rings. The van der Waals surface area contributed by atoms with Crippen LogP contribution >= 0.6 is 0 Å². The maximum Gasteiger partial charge on any atom is -0.0234 e. The smallest absolute Gasteiger partial charge is 0.0234 e. The summed E-state index contributed by atoms with van der Waals surface area (Å²) in [6.07, 6.45) is 5.65. The summed E-state index contributed by atoms with van der Waals surface area (Å²) in [4.78, 5) is 0. The van der Waals surface area contributed by atoms with E-state index in [1.54, 1.807) is 0 Å². The van der Waals surface area contributed by atoms with Crippen LogP contribution in [-0.4, -0.2) is 0 Å². The molecular weight excluding hydrogens is 132 g/mol. The van der Waals surface area contributed by atoms with Gasteiger partial charge in [0.1, 0.15) is 0 Å². The molecule has 0 aromatic heterocycles. The van der Waals surface area contributed by atoms with Gasteiger partial charge in [-0.3, -0.25) is 0 Å². The van der Waals surface area contributed by atoms with Crippen LogP contribution in [0.5, 0.6) is 0 Å². The lowest BCUT2D eigenvalue weighted by Gasteiger charge is -2.08. The Kier molecular flexibility index (Phi) is 4.93. The first kappa shape index (κ1) is 10.5. The minimum Gasteiger partial charge on any atom is -0.0847 e. The van der Waals surface area contributed by atoms with Gasteiger partial charge in [0.15, 0.2) is 0 Å². The van der Waals surface area contributed by atoms with Crippen molar-refractivity contribution >= 4 is 0 Å². The summed E-state index contributed by atoms with van der Waals surface area (Å²) in [5.41, 5.74) is 2.85. The van der Waals surface area contributed by atoms with Crippen molar-refractivity contribution < 1.29 is 0 Å². The van der Waals surface area contributed by atoms with Crippen molar-refractivity contribution in [3.05, 3.63) is 23.3 Å². The van der Waals surface area contributed by atoms with Crippen molar-refractivity contribution in [2.24, 2.45) is 5.92 Å². The quantitative estimate of drug-likeness (QED) is 0.537. The van der Waals surface area contributed by atoms with Crippen molar-refractivity contribution in [3.63, 3.8) is 0 Å². The molecule has 0 heterocycles. The molecule has 0 spiro atoms. The Morgan fingerprint density at radius 1 is 1.36 bits per heavy atom. The number of allylic oxidation sites excluding steroid dienone is 4. The van der Waals surface area contributed by atoms with E-state index in [0.717, 1.165) is 5.92 Å². The van der Waals surface area contributed by atoms with Gasteiger partial charge in [0.25, 0.3) is 0 Å². The highest BCUT2D eigenvalue weighted by Gasteiger charge is 1.99. The third-order valence-electron chi connectivity index (χ3n) is 2.30.